The average Bonchev–Trinajstić information content (AvgIpc) is 2.95. The lowest BCUT2D eigenvalue weighted by Crippen LogP contribution is -2.32. The molecule has 0 fully saturated rings. The van der Waals surface area contributed by atoms with E-state index in [4.69, 9.17) is 16.3 Å². The van der Waals surface area contributed by atoms with E-state index in [1.807, 2.05) is 13.2 Å². The molecule has 3 rings (SSSR count). The predicted octanol–water partition coefficient (Wildman–Crippen LogP) is 5.78. The average molecular weight is 605 g/mol. The third kappa shape index (κ3) is 7.56. The van der Waals surface area contributed by atoms with Crippen molar-refractivity contribution in [1.82, 2.24) is 0 Å². The van der Waals surface area contributed by atoms with Crippen LogP contribution in [-0.4, -0.2) is 49.4 Å². The monoisotopic (exact) mass is 604 g/mol. The molecule has 0 heterocycles. The van der Waals surface area contributed by atoms with Gasteiger partial charge in [-0.05, 0) is 74.2 Å². The molecule has 0 radical (unpaired) electrons. The van der Waals surface area contributed by atoms with Crippen LogP contribution in [0.1, 0.15) is 47.4 Å². The Labute approximate surface area is 242 Å². The zero-order chi connectivity index (χ0) is 29.4. The number of carbonyl (C=O) groups excluding carboxylic acids is 3. The second kappa shape index (κ2) is 13.7. The molecule has 0 saturated carbocycles. The van der Waals surface area contributed by atoms with E-state index < -0.39 is 38.6 Å². The lowest BCUT2D eigenvalue weighted by atomic mass is 10.1. The van der Waals surface area contributed by atoms with E-state index in [1.54, 1.807) is 12.1 Å². The van der Waals surface area contributed by atoms with Crippen LogP contribution in [0.15, 0.2) is 70.5 Å². The Bertz CT molecular complexity index is 1490. The first kappa shape index (κ1) is 31.0. The van der Waals surface area contributed by atoms with E-state index in [9.17, 15) is 27.9 Å². The summed E-state index contributed by atoms with van der Waals surface area (Å²) < 4.78 is 31.0. The number of benzene rings is 3. The molecule has 0 aromatic heterocycles. The fourth-order valence-electron chi connectivity index (χ4n) is 3.45. The van der Waals surface area contributed by atoms with E-state index in [0.717, 1.165) is 23.8 Å². The highest BCUT2D eigenvalue weighted by atomic mass is 35.5. The van der Waals surface area contributed by atoms with Crippen molar-refractivity contribution >= 4 is 62.4 Å². The highest BCUT2D eigenvalue weighted by molar-refractivity contribution is 7.98. The molecule has 0 spiro atoms. The minimum atomic E-state index is -3.99. The summed E-state index contributed by atoms with van der Waals surface area (Å²) in [5.41, 5.74) is 0.438. The molecule has 1 unspecified atom stereocenters. The number of unbranched alkanes of at least 4 members (excludes halogenated alkanes) is 1. The Morgan fingerprint density at radius 2 is 1.60 bits per heavy atom. The summed E-state index contributed by atoms with van der Waals surface area (Å²) in [7, 11) is -3.99. The number of ether oxygens (including phenoxy) is 1. The smallest absolute Gasteiger partial charge is 0.338 e. The number of phenols is 1. The molecule has 2 amide bonds. The fourth-order valence-corrected chi connectivity index (χ4v) is 5.33. The van der Waals surface area contributed by atoms with E-state index in [1.165, 1.54) is 61.2 Å². The SMILES string of the molecule is CCCCOC(=O)c1ccc(C(=O)Nc2cc(Cl)c(NC(=O)C(C)S(=O)(=O)c3ccc(SC)cc3)cc2O)cc1. The molecule has 212 valence electrons. The third-order valence-corrected chi connectivity index (χ3v) is 9.06. The van der Waals surface area contributed by atoms with Gasteiger partial charge in [0.2, 0.25) is 5.91 Å². The van der Waals surface area contributed by atoms with Crippen LogP contribution in [0.25, 0.3) is 0 Å². The van der Waals surface area contributed by atoms with Gasteiger partial charge in [-0.2, -0.15) is 0 Å². The normalized spacial score (nSPS) is 11.9. The minimum absolute atomic E-state index is 0.00127. The number of sulfone groups is 1. The van der Waals surface area contributed by atoms with Crippen LogP contribution in [0.2, 0.25) is 5.02 Å². The van der Waals surface area contributed by atoms with Crippen LogP contribution in [0, 0.1) is 0 Å². The van der Waals surface area contributed by atoms with Crippen LogP contribution in [0.3, 0.4) is 0 Å². The lowest BCUT2D eigenvalue weighted by Gasteiger charge is -2.16. The summed E-state index contributed by atoms with van der Waals surface area (Å²) >= 11 is 7.73. The van der Waals surface area contributed by atoms with Gasteiger partial charge in [-0.3, -0.25) is 9.59 Å². The topological polar surface area (TPSA) is 139 Å². The third-order valence-electron chi connectivity index (χ3n) is 5.93. The predicted molar refractivity (Wildman–Crippen MR) is 156 cm³/mol. The summed E-state index contributed by atoms with van der Waals surface area (Å²) in [6.45, 7) is 3.55. The molecule has 3 N–H and O–H groups in total. The van der Waals surface area contributed by atoms with Crippen LogP contribution in [0.4, 0.5) is 11.4 Å². The van der Waals surface area contributed by atoms with Crippen LogP contribution in [-0.2, 0) is 19.4 Å². The van der Waals surface area contributed by atoms with E-state index in [2.05, 4.69) is 10.6 Å². The van der Waals surface area contributed by atoms with Gasteiger partial charge in [-0.25, -0.2) is 13.2 Å². The maximum atomic E-state index is 12.9. The molecule has 0 aliphatic heterocycles. The number of halogens is 1. The molecule has 9 nitrogen and oxygen atoms in total. The molecule has 12 heteroatoms. The van der Waals surface area contributed by atoms with Gasteiger partial charge in [0.1, 0.15) is 11.0 Å². The number of thioether (sulfide) groups is 1. The molecular weight excluding hydrogens is 576 g/mol. The summed E-state index contributed by atoms with van der Waals surface area (Å²) in [5.74, 6) is -2.33. The molecule has 40 heavy (non-hydrogen) atoms. The molecular formula is C28H29ClN2O7S2. The number of rotatable bonds is 11. The summed E-state index contributed by atoms with van der Waals surface area (Å²) in [5, 5.41) is 13.9. The zero-order valence-corrected chi connectivity index (χ0v) is 24.5. The van der Waals surface area contributed by atoms with Crippen LogP contribution < -0.4 is 10.6 Å². The van der Waals surface area contributed by atoms with Gasteiger partial charge < -0.3 is 20.5 Å². The Hall–Kier alpha value is -3.54. The minimum Gasteiger partial charge on any atom is -0.506 e. The number of phenolic OH excluding ortho intramolecular Hbond substituents is 1. The van der Waals surface area contributed by atoms with Crippen molar-refractivity contribution in [2.75, 3.05) is 23.5 Å². The Balaban J connectivity index is 1.68. The maximum Gasteiger partial charge on any atom is 0.338 e. The molecule has 0 aliphatic rings. The Morgan fingerprint density at radius 3 is 2.20 bits per heavy atom. The van der Waals surface area contributed by atoms with Crippen molar-refractivity contribution < 1.29 is 32.6 Å². The first-order chi connectivity index (χ1) is 19.0. The highest BCUT2D eigenvalue weighted by Gasteiger charge is 2.30. The molecule has 1 atom stereocenters. The number of anilines is 2. The first-order valence-electron chi connectivity index (χ1n) is 12.3. The van der Waals surface area contributed by atoms with Crippen molar-refractivity contribution in [3.05, 3.63) is 76.8 Å². The van der Waals surface area contributed by atoms with Crippen molar-refractivity contribution in [3.8, 4) is 5.75 Å². The number of esters is 1. The summed E-state index contributed by atoms with van der Waals surface area (Å²) in [6.07, 6.45) is 3.51. The Morgan fingerprint density at radius 1 is 0.975 bits per heavy atom. The standard InChI is InChI=1S/C28H29ClN2O7S2/c1-4-5-14-38-28(35)19-8-6-18(7-9-19)27(34)31-24-15-22(29)23(16-25(24)32)30-26(33)17(2)40(36,37)21-12-10-20(39-3)11-13-21/h6-13,15-17,32H,4-5,14H2,1-3H3,(H,30,33)(H,31,34). The number of hydrogen-bond acceptors (Lipinski definition) is 8. The number of amides is 2. The van der Waals surface area contributed by atoms with Crippen LogP contribution >= 0.6 is 23.4 Å². The van der Waals surface area contributed by atoms with E-state index in [-0.39, 0.29) is 26.9 Å². The molecule has 0 bridgehead atoms. The molecule has 0 aliphatic carbocycles. The zero-order valence-electron chi connectivity index (χ0n) is 22.1. The molecule has 3 aromatic carbocycles. The fraction of sp³-hybridized carbons (Fsp3) is 0.250. The number of carbonyl (C=O) groups is 3. The number of aromatic hydroxyl groups is 1. The van der Waals surface area contributed by atoms with E-state index in [0.29, 0.717) is 12.2 Å². The number of nitrogens with one attached hydrogen (secondary N) is 2. The first-order valence-corrected chi connectivity index (χ1v) is 15.4. The maximum absolute atomic E-state index is 12.9. The quantitative estimate of drug-likeness (QED) is 0.108. The lowest BCUT2D eigenvalue weighted by molar-refractivity contribution is -0.115. The van der Waals surface area contributed by atoms with Crippen molar-refractivity contribution in [3.63, 3.8) is 0 Å². The van der Waals surface area contributed by atoms with Gasteiger partial charge >= 0.3 is 5.97 Å². The van der Waals surface area contributed by atoms with Crippen LogP contribution in [0.5, 0.6) is 5.75 Å². The van der Waals surface area contributed by atoms with Gasteiger partial charge in [0.15, 0.2) is 9.84 Å². The van der Waals surface area contributed by atoms with Crippen molar-refractivity contribution in [1.29, 1.82) is 0 Å². The van der Waals surface area contributed by atoms with Gasteiger partial charge in [0, 0.05) is 16.5 Å². The molecule has 0 saturated heterocycles. The molecule has 3 aromatic rings. The van der Waals surface area contributed by atoms with Gasteiger partial charge in [0.25, 0.3) is 5.91 Å². The Kier molecular flexibility index (Phi) is 10.6. The largest absolute Gasteiger partial charge is 0.506 e. The second-order valence-corrected chi connectivity index (χ2v) is 12.3. The second-order valence-electron chi connectivity index (χ2n) is 8.72. The highest BCUT2D eigenvalue weighted by Crippen LogP contribution is 2.34. The summed E-state index contributed by atoms with van der Waals surface area (Å²) in [4.78, 5) is 38.4. The number of hydrogen-bond donors (Lipinski definition) is 3. The van der Waals surface area contributed by atoms with Gasteiger partial charge in [-0.1, -0.05) is 24.9 Å². The van der Waals surface area contributed by atoms with Gasteiger partial charge in [0.05, 0.1) is 33.5 Å². The van der Waals surface area contributed by atoms with Gasteiger partial charge in [-0.15, -0.1) is 11.8 Å². The summed E-state index contributed by atoms with van der Waals surface area (Å²) in [6, 6.07) is 14.3. The van der Waals surface area contributed by atoms with E-state index >= 15 is 0 Å². The van der Waals surface area contributed by atoms with Crippen molar-refractivity contribution in [2.24, 2.45) is 0 Å². The van der Waals surface area contributed by atoms with Crippen molar-refractivity contribution in [2.45, 2.75) is 41.7 Å².